The van der Waals surface area contributed by atoms with Gasteiger partial charge in [-0.25, -0.2) is 4.79 Å². The molecule has 0 aromatic heterocycles. The van der Waals surface area contributed by atoms with Gasteiger partial charge in [-0.15, -0.1) is 0 Å². The third-order valence-corrected chi connectivity index (χ3v) is 3.97. The van der Waals surface area contributed by atoms with Crippen LogP contribution in [0.3, 0.4) is 0 Å². The third kappa shape index (κ3) is 5.49. The zero-order chi connectivity index (χ0) is 14.3. The Morgan fingerprint density at radius 3 is 2.42 bits per heavy atom. The van der Waals surface area contributed by atoms with E-state index in [1.54, 1.807) is 6.92 Å². The molecule has 1 rings (SSSR count). The van der Waals surface area contributed by atoms with Crippen LogP contribution in [0.25, 0.3) is 0 Å². The highest BCUT2D eigenvalue weighted by Gasteiger charge is 2.23. The van der Waals surface area contributed by atoms with Crippen LogP contribution in [0.5, 0.6) is 0 Å². The van der Waals surface area contributed by atoms with Crippen LogP contribution in [0, 0.1) is 11.8 Å². The van der Waals surface area contributed by atoms with Gasteiger partial charge in [-0.3, -0.25) is 4.79 Å². The minimum atomic E-state index is -0.889. The number of hydrogen-bond acceptors (Lipinski definition) is 2. The normalized spacial score (nSPS) is 19.5. The van der Waals surface area contributed by atoms with Gasteiger partial charge in [0, 0.05) is 12.6 Å². The summed E-state index contributed by atoms with van der Waals surface area (Å²) in [6.45, 7) is 3.84. The third-order valence-electron chi connectivity index (χ3n) is 3.97. The van der Waals surface area contributed by atoms with E-state index in [9.17, 15) is 9.59 Å². The number of carboxylic acids is 1. The van der Waals surface area contributed by atoms with E-state index in [1.165, 1.54) is 32.1 Å². The van der Waals surface area contributed by atoms with Crippen molar-refractivity contribution in [2.45, 2.75) is 58.4 Å². The van der Waals surface area contributed by atoms with Crippen LogP contribution in [0.1, 0.15) is 52.4 Å². The van der Waals surface area contributed by atoms with Crippen molar-refractivity contribution < 1.29 is 14.7 Å². The van der Waals surface area contributed by atoms with Crippen molar-refractivity contribution in [1.82, 2.24) is 10.6 Å². The van der Waals surface area contributed by atoms with Crippen LogP contribution in [-0.4, -0.2) is 29.7 Å². The Bertz CT molecular complexity index is 301. The van der Waals surface area contributed by atoms with E-state index >= 15 is 0 Å². The highest BCUT2D eigenvalue weighted by Crippen LogP contribution is 2.27. The van der Waals surface area contributed by atoms with E-state index in [4.69, 9.17) is 5.11 Å². The average Bonchev–Trinajstić information content (AvgIpc) is 2.42. The highest BCUT2D eigenvalue weighted by molar-refractivity contribution is 5.75. The van der Waals surface area contributed by atoms with Gasteiger partial charge in [0.2, 0.25) is 0 Å². The van der Waals surface area contributed by atoms with Gasteiger partial charge in [-0.2, -0.15) is 0 Å². The first-order valence-corrected chi connectivity index (χ1v) is 7.31. The Labute approximate surface area is 115 Å². The molecule has 2 amide bonds. The van der Waals surface area contributed by atoms with Crippen LogP contribution in [0.2, 0.25) is 0 Å². The number of hydrogen-bond donors (Lipinski definition) is 3. The summed E-state index contributed by atoms with van der Waals surface area (Å²) in [6.07, 6.45) is 7.09. The molecule has 3 N–H and O–H groups in total. The summed E-state index contributed by atoms with van der Waals surface area (Å²) in [5, 5.41) is 14.4. The SMILES string of the molecule is CCC(NC(=O)NCC(C)C(=O)O)C1CCCCC1. The van der Waals surface area contributed by atoms with Crippen molar-refractivity contribution in [2.75, 3.05) is 6.54 Å². The minimum absolute atomic E-state index is 0.169. The van der Waals surface area contributed by atoms with Gasteiger partial charge >= 0.3 is 12.0 Å². The smallest absolute Gasteiger partial charge is 0.315 e. The molecule has 0 heterocycles. The summed E-state index contributed by atoms with van der Waals surface area (Å²) in [6, 6.07) is -0.0362. The lowest BCUT2D eigenvalue weighted by Crippen LogP contribution is -2.47. The molecular weight excluding hydrogens is 244 g/mol. The zero-order valence-corrected chi connectivity index (χ0v) is 11.9. The molecule has 0 bridgehead atoms. The second-order valence-electron chi connectivity index (χ2n) is 5.51. The number of carboxylic acid groups (broad SMARTS) is 1. The minimum Gasteiger partial charge on any atom is -0.481 e. The maximum atomic E-state index is 11.8. The van der Waals surface area contributed by atoms with Gasteiger partial charge in [-0.05, 0) is 25.2 Å². The molecule has 110 valence electrons. The molecular formula is C14H26N2O3. The van der Waals surface area contributed by atoms with Crippen molar-refractivity contribution in [1.29, 1.82) is 0 Å². The van der Waals surface area contributed by atoms with Crippen molar-refractivity contribution >= 4 is 12.0 Å². The van der Waals surface area contributed by atoms with Crippen molar-refractivity contribution in [2.24, 2.45) is 11.8 Å². The molecule has 0 aromatic rings. The predicted octanol–water partition coefficient (Wildman–Crippen LogP) is 2.37. The molecule has 5 heteroatoms. The quantitative estimate of drug-likeness (QED) is 0.693. The largest absolute Gasteiger partial charge is 0.481 e. The second kappa shape index (κ2) is 8.02. The summed E-state index contributed by atoms with van der Waals surface area (Å²) in [5.41, 5.74) is 0. The van der Waals surface area contributed by atoms with E-state index in [2.05, 4.69) is 17.6 Å². The van der Waals surface area contributed by atoms with Crippen LogP contribution >= 0.6 is 0 Å². The maximum Gasteiger partial charge on any atom is 0.315 e. The van der Waals surface area contributed by atoms with Gasteiger partial charge in [0.25, 0.3) is 0 Å². The summed E-state index contributed by atoms with van der Waals surface area (Å²) < 4.78 is 0. The maximum absolute atomic E-state index is 11.8. The number of rotatable bonds is 6. The zero-order valence-electron chi connectivity index (χ0n) is 11.9. The van der Waals surface area contributed by atoms with Gasteiger partial charge in [0.1, 0.15) is 0 Å². The van der Waals surface area contributed by atoms with E-state index in [0.29, 0.717) is 5.92 Å². The fourth-order valence-corrected chi connectivity index (χ4v) is 2.64. The van der Waals surface area contributed by atoms with Crippen LogP contribution in [-0.2, 0) is 4.79 Å². The Morgan fingerprint density at radius 1 is 1.26 bits per heavy atom. The molecule has 0 spiro atoms. The van der Waals surface area contributed by atoms with Gasteiger partial charge in [-0.1, -0.05) is 33.1 Å². The summed E-state index contributed by atoms with van der Waals surface area (Å²) >= 11 is 0. The number of nitrogens with one attached hydrogen (secondary N) is 2. The predicted molar refractivity (Wildman–Crippen MR) is 74.0 cm³/mol. The lowest BCUT2D eigenvalue weighted by Gasteiger charge is -2.30. The topological polar surface area (TPSA) is 78.4 Å². The molecule has 5 nitrogen and oxygen atoms in total. The molecule has 0 radical (unpaired) electrons. The molecule has 1 saturated carbocycles. The van der Waals surface area contributed by atoms with E-state index in [-0.39, 0.29) is 18.6 Å². The Kier molecular flexibility index (Phi) is 6.67. The first-order valence-electron chi connectivity index (χ1n) is 7.31. The monoisotopic (exact) mass is 270 g/mol. The number of amides is 2. The standard InChI is InChI=1S/C14H26N2O3/c1-3-12(11-7-5-4-6-8-11)16-14(19)15-9-10(2)13(17)18/h10-12H,3-9H2,1-2H3,(H,17,18)(H2,15,16,19). The van der Waals surface area contributed by atoms with E-state index in [1.807, 2.05) is 0 Å². The van der Waals surface area contributed by atoms with Crippen LogP contribution in [0.15, 0.2) is 0 Å². The number of carbonyl (C=O) groups excluding carboxylic acids is 1. The van der Waals surface area contributed by atoms with Crippen LogP contribution in [0.4, 0.5) is 4.79 Å². The molecule has 0 aliphatic heterocycles. The molecule has 0 saturated heterocycles. The van der Waals surface area contributed by atoms with Crippen molar-refractivity contribution in [3.05, 3.63) is 0 Å². The molecule has 19 heavy (non-hydrogen) atoms. The van der Waals surface area contributed by atoms with Crippen LogP contribution < -0.4 is 10.6 Å². The molecule has 2 unspecified atom stereocenters. The van der Waals surface area contributed by atoms with Crippen molar-refractivity contribution in [3.8, 4) is 0 Å². The fraction of sp³-hybridized carbons (Fsp3) is 0.857. The van der Waals surface area contributed by atoms with Gasteiger partial charge in [0.05, 0.1) is 5.92 Å². The molecule has 0 aromatic carbocycles. The van der Waals surface area contributed by atoms with Gasteiger partial charge in [0.15, 0.2) is 0 Å². The lowest BCUT2D eigenvalue weighted by atomic mass is 9.83. The van der Waals surface area contributed by atoms with E-state index < -0.39 is 11.9 Å². The first-order chi connectivity index (χ1) is 9.04. The Morgan fingerprint density at radius 2 is 1.89 bits per heavy atom. The number of carbonyl (C=O) groups is 2. The average molecular weight is 270 g/mol. The first kappa shape index (κ1) is 15.8. The summed E-state index contributed by atoms with van der Waals surface area (Å²) in [5.74, 6) is -0.874. The molecule has 1 aliphatic carbocycles. The molecule has 2 atom stereocenters. The second-order valence-corrected chi connectivity index (χ2v) is 5.51. The fourth-order valence-electron chi connectivity index (χ4n) is 2.64. The summed E-state index contributed by atoms with van der Waals surface area (Å²) in [7, 11) is 0. The molecule has 1 fully saturated rings. The number of aliphatic carboxylic acids is 1. The Hall–Kier alpha value is -1.26. The Balaban J connectivity index is 2.33. The van der Waals surface area contributed by atoms with E-state index in [0.717, 1.165) is 6.42 Å². The summed E-state index contributed by atoms with van der Waals surface area (Å²) in [4.78, 5) is 22.4. The lowest BCUT2D eigenvalue weighted by molar-refractivity contribution is -0.140. The van der Waals surface area contributed by atoms with Gasteiger partial charge < -0.3 is 15.7 Å². The van der Waals surface area contributed by atoms with Crippen molar-refractivity contribution in [3.63, 3.8) is 0 Å². The highest BCUT2D eigenvalue weighted by atomic mass is 16.4. The molecule has 1 aliphatic rings. The number of urea groups is 1.